The molecular weight excluding hydrogens is 364 g/mol. The van der Waals surface area contributed by atoms with Crippen molar-refractivity contribution in [3.8, 4) is 11.5 Å². The summed E-state index contributed by atoms with van der Waals surface area (Å²) in [5.74, 6) is 0.652. The van der Waals surface area contributed by atoms with Crippen LogP contribution in [0.4, 0.5) is 0 Å². The number of aryl methyl sites for hydroxylation is 4. The van der Waals surface area contributed by atoms with Gasteiger partial charge in [-0.05, 0) is 84.1 Å². The fourth-order valence-electron chi connectivity index (χ4n) is 1.58. The first kappa shape index (κ1) is 20.8. The van der Waals surface area contributed by atoms with Gasteiger partial charge in [0.05, 0.1) is 5.02 Å². The molecule has 0 aliphatic carbocycles. The molecule has 0 spiro atoms. The Labute approximate surface area is 146 Å². The molecule has 2 N–H and O–H groups in total. The molecule has 0 atom stereocenters. The van der Waals surface area contributed by atoms with Crippen molar-refractivity contribution in [2.45, 2.75) is 41.5 Å². The van der Waals surface area contributed by atoms with Crippen LogP contribution in [0.25, 0.3) is 0 Å². The van der Waals surface area contributed by atoms with Gasteiger partial charge in [-0.2, -0.15) is 0 Å². The number of hydrogen-bond donors (Lipinski definition) is 2. The summed E-state index contributed by atoms with van der Waals surface area (Å²) in [4.78, 5) is 0. The van der Waals surface area contributed by atoms with Gasteiger partial charge in [0.1, 0.15) is 11.5 Å². The number of phenolic OH excluding ortho intramolecular Hbond substituents is 2. The molecule has 2 aromatic rings. The first-order valence-electron chi connectivity index (χ1n) is 7.13. The van der Waals surface area contributed by atoms with Crippen LogP contribution < -0.4 is 0 Å². The predicted octanol–water partition coefficient (Wildman–Crippen LogP) is 6.46. The molecule has 0 radical (unpaired) electrons. The highest BCUT2D eigenvalue weighted by Crippen LogP contribution is 2.29. The van der Waals surface area contributed by atoms with Gasteiger partial charge >= 0.3 is 0 Å². The van der Waals surface area contributed by atoms with Gasteiger partial charge in [-0.1, -0.05) is 31.5 Å². The molecule has 0 amide bonds. The van der Waals surface area contributed by atoms with Gasteiger partial charge < -0.3 is 10.2 Å². The number of phenols is 2. The lowest BCUT2D eigenvalue weighted by Gasteiger charge is -2.02. The van der Waals surface area contributed by atoms with Gasteiger partial charge in [0, 0.05) is 4.47 Å². The molecule has 0 bridgehead atoms. The third-order valence-electron chi connectivity index (χ3n) is 3.05. The lowest BCUT2D eigenvalue weighted by Crippen LogP contribution is -1.82. The molecule has 122 valence electrons. The Hall–Kier alpha value is -1.19. The second kappa shape index (κ2) is 9.75. The fraction of sp³-hybridized carbons (Fsp3) is 0.333. The molecule has 0 heterocycles. The number of halogens is 2. The molecule has 0 saturated heterocycles. The Morgan fingerprint density at radius 3 is 1.59 bits per heavy atom. The van der Waals surface area contributed by atoms with Crippen LogP contribution in [-0.4, -0.2) is 10.2 Å². The van der Waals surface area contributed by atoms with Crippen LogP contribution in [0, 0.1) is 27.7 Å². The van der Waals surface area contributed by atoms with Crippen molar-refractivity contribution in [1.29, 1.82) is 0 Å². The van der Waals surface area contributed by atoms with E-state index in [4.69, 9.17) is 16.7 Å². The second-order valence-electron chi connectivity index (χ2n) is 4.78. The zero-order valence-electron chi connectivity index (χ0n) is 14.0. The molecule has 0 unspecified atom stereocenters. The van der Waals surface area contributed by atoms with Crippen molar-refractivity contribution in [2.24, 2.45) is 0 Å². The molecule has 22 heavy (non-hydrogen) atoms. The molecule has 2 rings (SSSR count). The van der Waals surface area contributed by atoms with Crippen LogP contribution in [-0.2, 0) is 0 Å². The number of hydrogen-bond acceptors (Lipinski definition) is 2. The van der Waals surface area contributed by atoms with E-state index < -0.39 is 0 Å². The van der Waals surface area contributed by atoms with E-state index >= 15 is 0 Å². The van der Waals surface area contributed by atoms with Crippen LogP contribution in [0.1, 0.15) is 36.1 Å². The quantitative estimate of drug-likeness (QED) is 0.544. The highest BCUT2D eigenvalue weighted by atomic mass is 79.9. The molecule has 0 aliphatic rings. The average molecular weight is 388 g/mol. The second-order valence-corrected chi connectivity index (χ2v) is 6.04. The Morgan fingerprint density at radius 1 is 0.727 bits per heavy atom. The predicted molar refractivity (Wildman–Crippen MR) is 99.2 cm³/mol. The number of benzene rings is 2. The van der Waals surface area contributed by atoms with E-state index in [1.807, 2.05) is 40.7 Å². The van der Waals surface area contributed by atoms with Crippen LogP contribution in [0.5, 0.6) is 11.5 Å². The van der Waals surface area contributed by atoms with Crippen LogP contribution >= 0.6 is 27.5 Å². The van der Waals surface area contributed by atoms with Gasteiger partial charge in [-0.25, -0.2) is 0 Å². The molecule has 0 aliphatic heterocycles. The van der Waals surface area contributed by atoms with Crippen LogP contribution in [0.15, 0.2) is 28.7 Å². The Balaban J connectivity index is 0.000000360. The van der Waals surface area contributed by atoms with E-state index in [-0.39, 0.29) is 5.75 Å². The molecule has 0 aromatic heterocycles. The Bertz CT molecular complexity index is 469. The summed E-state index contributed by atoms with van der Waals surface area (Å²) in [5, 5.41) is 19.0. The van der Waals surface area contributed by atoms with Crippen molar-refractivity contribution in [3.05, 3.63) is 56.0 Å². The zero-order valence-corrected chi connectivity index (χ0v) is 16.3. The minimum Gasteiger partial charge on any atom is -0.508 e. The van der Waals surface area contributed by atoms with E-state index in [9.17, 15) is 5.11 Å². The molecule has 2 nitrogen and oxygen atoms in total. The Morgan fingerprint density at radius 2 is 1.14 bits per heavy atom. The molecule has 0 fully saturated rings. The standard InChI is InChI=1S/C9H12O.C7H6BrClO.C2H6/c1-6-4-8(3)9(10)5-7(6)2;1-4-2-6(9)5(8)3-7(4)10;1-2/h4-5,10H,1-3H3;2-3,10H,1H3;1-2H3. The lowest BCUT2D eigenvalue weighted by atomic mass is 10.1. The minimum absolute atomic E-state index is 0.260. The minimum atomic E-state index is 0.260. The third kappa shape index (κ3) is 6.29. The Kier molecular flexibility index (Phi) is 9.22. The fourth-order valence-corrected chi connectivity index (χ4v) is 2.13. The summed E-state index contributed by atoms with van der Waals surface area (Å²) >= 11 is 8.92. The van der Waals surface area contributed by atoms with Crippen LogP contribution in [0.2, 0.25) is 5.02 Å². The highest BCUT2D eigenvalue weighted by Gasteiger charge is 2.00. The van der Waals surface area contributed by atoms with Gasteiger partial charge in [-0.3, -0.25) is 0 Å². The summed E-state index contributed by atoms with van der Waals surface area (Å²) in [7, 11) is 0. The highest BCUT2D eigenvalue weighted by molar-refractivity contribution is 9.10. The summed E-state index contributed by atoms with van der Waals surface area (Å²) in [6.45, 7) is 11.7. The number of rotatable bonds is 0. The van der Waals surface area contributed by atoms with E-state index in [2.05, 4.69) is 15.9 Å². The molecule has 0 saturated carbocycles. The van der Waals surface area contributed by atoms with E-state index in [0.29, 0.717) is 10.8 Å². The average Bonchev–Trinajstić information content (AvgIpc) is 2.46. The van der Waals surface area contributed by atoms with E-state index in [0.717, 1.165) is 21.2 Å². The van der Waals surface area contributed by atoms with Gasteiger partial charge in [0.2, 0.25) is 0 Å². The maximum absolute atomic E-state index is 9.22. The first-order chi connectivity index (χ1) is 10.2. The van der Waals surface area contributed by atoms with Gasteiger partial charge in [-0.15, -0.1) is 0 Å². The topological polar surface area (TPSA) is 40.5 Å². The molecular formula is C18H24BrClO2. The van der Waals surface area contributed by atoms with Gasteiger partial charge in [0.25, 0.3) is 0 Å². The summed E-state index contributed by atoms with van der Waals surface area (Å²) in [5.41, 5.74) is 4.11. The number of aromatic hydroxyl groups is 2. The van der Waals surface area contributed by atoms with E-state index in [1.165, 1.54) is 5.56 Å². The van der Waals surface area contributed by atoms with Crippen LogP contribution in [0.3, 0.4) is 0 Å². The summed E-state index contributed by atoms with van der Waals surface area (Å²) in [6.07, 6.45) is 0. The third-order valence-corrected chi connectivity index (χ3v) is 4.25. The van der Waals surface area contributed by atoms with Crippen molar-refractivity contribution >= 4 is 27.5 Å². The molecule has 2 aromatic carbocycles. The summed E-state index contributed by atoms with van der Waals surface area (Å²) < 4.78 is 0.720. The monoisotopic (exact) mass is 386 g/mol. The summed E-state index contributed by atoms with van der Waals surface area (Å²) in [6, 6.07) is 7.08. The smallest absolute Gasteiger partial charge is 0.119 e. The van der Waals surface area contributed by atoms with Crippen molar-refractivity contribution in [2.75, 3.05) is 0 Å². The maximum Gasteiger partial charge on any atom is 0.119 e. The van der Waals surface area contributed by atoms with Crippen molar-refractivity contribution in [3.63, 3.8) is 0 Å². The SMILES string of the molecule is CC.Cc1cc(C)c(O)cc1C.Cc1cc(Cl)c(Br)cc1O. The lowest BCUT2D eigenvalue weighted by molar-refractivity contribution is 0.470. The maximum atomic E-state index is 9.22. The molecule has 4 heteroatoms. The van der Waals surface area contributed by atoms with Gasteiger partial charge in [0.15, 0.2) is 0 Å². The van der Waals surface area contributed by atoms with Crippen molar-refractivity contribution < 1.29 is 10.2 Å². The normalized spacial score (nSPS) is 9.27. The van der Waals surface area contributed by atoms with E-state index in [1.54, 1.807) is 25.1 Å². The zero-order chi connectivity index (χ0) is 17.4. The first-order valence-corrected chi connectivity index (χ1v) is 8.31. The largest absolute Gasteiger partial charge is 0.508 e. The van der Waals surface area contributed by atoms with Crippen molar-refractivity contribution in [1.82, 2.24) is 0 Å².